The molecule has 0 aliphatic heterocycles. The van der Waals surface area contributed by atoms with Crippen LogP contribution in [0.3, 0.4) is 0 Å². The fraction of sp³-hybridized carbons (Fsp3) is 0.0714. The molecule has 0 aliphatic carbocycles. The number of allylic oxidation sites excluding steroid dienone is 5. The molecule has 3 aromatic carbocycles. The van der Waals surface area contributed by atoms with E-state index in [0.29, 0.717) is 11.1 Å². The fourth-order valence-corrected chi connectivity index (χ4v) is 3.10. The molecule has 0 heterocycles. The third-order valence-corrected chi connectivity index (χ3v) is 4.85. The smallest absolute Gasteiger partial charge is 0.201 e. The van der Waals surface area contributed by atoms with Gasteiger partial charge in [-0.3, -0.25) is 0 Å². The van der Waals surface area contributed by atoms with Crippen molar-refractivity contribution >= 4 is 11.6 Å². The predicted octanol–water partition coefficient (Wildman–Crippen LogP) is 8.15. The zero-order valence-corrected chi connectivity index (χ0v) is 18.0. The molecule has 0 fully saturated rings. The molecule has 0 N–H and O–H groups in total. The lowest BCUT2D eigenvalue weighted by Crippen LogP contribution is -1.99. The minimum Gasteiger partial charge on any atom is -0.491 e. The largest absolute Gasteiger partial charge is 0.491 e. The maximum absolute atomic E-state index is 14.3. The average molecular weight is 450 g/mol. The van der Waals surface area contributed by atoms with Crippen LogP contribution in [-0.4, -0.2) is 6.61 Å². The van der Waals surface area contributed by atoms with Gasteiger partial charge in [0.2, 0.25) is 5.82 Å². The first-order chi connectivity index (χ1) is 15.8. The Kier molecular flexibility index (Phi) is 7.67. The van der Waals surface area contributed by atoms with Gasteiger partial charge in [0.25, 0.3) is 0 Å². The molecular weight excluding hydrogens is 428 g/mol. The molecule has 33 heavy (non-hydrogen) atoms. The topological polar surface area (TPSA) is 9.23 Å². The molecule has 0 atom stereocenters. The molecule has 0 aliphatic rings. The summed E-state index contributed by atoms with van der Waals surface area (Å²) in [4.78, 5) is 0. The average Bonchev–Trinajstić information content (AvgIpc) is 2.81. The summed E-state index contributed by atoms with van der Waals surface area (Å²) in [5.41, 5.74) is 2.49. The van der Waals surface area contributed by atoms with Gasteiger partial charge in [-0.1, -0.05) is 73.9 Å². The van der Waals surface area contributed by atoms with Gasteiger partial charge < -0.3 is 4.74 Å². The Morgan fingerprint density at radius 1 is 0.818 bits per heavy atom. The van der Waals surface area contributed by atoms with Crippen LogP contribution >= 0.6 is 0 Å². The van der Waals surface area contributed by atoms with E-state index in [1.54, 1.807) is 55.5 Å². The molecule has 0 saturated heterocycles. The molecule has 0 aromatic heterocycles. The predicted molar refractivity (Wildman–Crippen MR) is 126 cm³/mol. The van der Waals surface area contributed by atoms with Crippen LogP contribution in [0.5, 0.6) is 5.75 Å². The lowest BCUT2D eigenvalue weighted by atomic mass is 10.0. The molecule has 0 unspecified atom stereocenters. The van der Waals surface area contributed by atoms with Crippen LogP contribution in [0, 0.1) is 23.3 Å². The van der Waals surface area contributed by atoms with E-state index >= 15 is 0 Å². The highest BCUT2D eigenvalue weighted by molar-refractivity contribution is 5.74. The molecular formula is C28H22F4O. The first kappa shape index (κ1) is 23.8. The Labute approximate surface area is 190 Å². The molecule has 3 aromatic rings. The van der Waals surface area contributed by atoms with E-state index in [9.17, 15) is 17.6 Å². The monoisotopic (exact) mass is 450 g/mol. The third kappa shape index (κ3) is 5.69. The van der Waals surface area contributed by atoms with Gasteiger partial charge in [-0.2, -0.15) is 4.39 Å². The second kappa shape index (κ2) is 10.6. The van der Waals surface area contributed by atoms with Crippen molar-refractivity contribution in [2.45, 2.75) is 6.92 Å². The summed E-state index contributed by atoms with van der Waals surface area (Å²) >= 11 is 0. The normalized spacial score (nSPS) is 11.3. The van der Waals surface area contributed by atoms with Crippen molar-refractivity contribution in [3.05, 3.63) is 126 Å². The minimum atomic E-state index is -1.05. The van der Waals surface area contributed by atoms with Gasteiger partial charge in [0.15, 0.2) is 23.2 Å². The Morgan fingerprint density at radius 3 is 2.24 bits per heavy atom. The number of halogens is 4. The van der Waals surface area contributed by atoms with Crippen molar-refractivity contribution in [2.75, 3.05) is 6.61 Å². The van der Waals surface area contributed by atoms with Crippen molar-refractivity contribution in [3.8, 4) is 16.9 Å². The minimum absolute atomic E-state index is 0.0316. The lowest BCUT2D eigenvalue weighted by Gasteiger charge is -2.09. The number of hydrogen-bond acceptors (Lipinski definition) is 1. The van der Waals surface area contributed by atoms with Crippen LogP contribution in [0.1, 0.15) is 18.1 Å². The van der Waals surface area contributed by atoms with Crippen molar-refractivity contribution in [2.24, 2.45) is 0 Å². The maximum atomic E-state index is 14.3. The summed E-state index contributed by atoms with van der Waals surface area (Å²) in [5, 5.41) is 0. The molecule has 0 spiro atoms. The molecule has 0 saturated carbocycles. The summed E-state index contributed by atoms with van der Waals surface area (Å²) in [6.07, 6.45) is 6.69. The summed E-state index contributed by atoms with van der Waals surface area (Å²) in [6, 6.07) is 13.8. The SMILES string of the molecule is C=C(/C=C\C(=C)c1ccc(OCC)c(F)c1F)/C=C/c1ccc(-c2cccc(F)c2F)cc1. The zero-order valence-electron chi connectivity index (χ0n) is 18.0. The Morgan fingerprint density at radius 2 is 1.55 bits per heavy atom. The van der Waals surface area contributed by atoms with E-state index in [-0.39, 0.29) is 29.1 Å². The zero-order chi connectivity index (χ0) is 24.0. The number of benzene rings is 3. The molecule has 3 rings (SSSR count). The highest BCUT2D eigenvalue weighted by Crippen LogP contribution is 2.28. The molecule has 5 heteroatoms. The Balaban J connectivity index is 1.67. The van der Waals surface area contributed by atoms with Gasteiger partial charge in [0.1, 0.15) is 0 Å². The highest BCUT2D eigenvalue weighted by Gasteiger charge is 2.15. The quantitative estimate of drug-likeness (QED) is 0.249. The van der Waals surface area contributed by atoms with E-state index in [2.05, 4.69) is 13.2 Å². The van der Waals surface area contributed by atoms with Gasteiger partial charge >= 0.3 is 0 Å². The maximum Gasteiger partial charge on any atom is 0.201 e. The summed E-state index contributed by atoms with van der Waals surface area (Å²) < 4.78 is 60.8. The Hall–Kier alpha value is -3.86. The van der Waals surface area contributed by atoms with Crippen molar-refractivity contribution in [3.63, 3.8) is 0 Å². The van der Waals surface area contributed by atoms with Gasteiger partial charge in [0.05, 0.1) is 6.61 Å². The van der Waals surface area contributed by atoms with E-state index in [1.165, 1.54) is 24.3 Å². The summed E-state index contributed by atoms with van der Waals surface area (Å²) in [6.45, 7) is 9.61. The van der Waals surface area contributed by atoms with Crippen LogP contribution in [0.2, 0.25) is 0 Å². The van der Waals surface area contributed by atoms with E-state index in [0.717, 1.165) is 11.6 Å². The van der Waals surface area contributed by atoms with Crippen LogP contribution in [0.4, 0.5) is 17.6 Å². The molecule has 0 amide bonds. The van der Waals surface area contributed by atoms with Gasteiger partial charge in [-0.05, 0) is 47.4 Å². The van der Waals surface area contributed by atoms with Crippen LogP contribution in [-0.2, 0) is 0 Å². The lowest BCUT2D eigenvalue weighted by molar-refractivity contribution is 0.314. The molecule has 1 nitrogen and oxygen atoms in total. The molecule has 0 bridgehead atoms. The van der Waals surface area contributed by atoms with Crippen LogP contribution < -0.4 is 4.74 Å². The van der Waals surface area contributed by atoms with Gasteiger partial charge in [-0.15, -0.1) is 0 Å². The first-order valence-corrected chi connectivity index (χ1v) is 10.2. The molecule has 0 radical (unpaired) electrons. The van der Waals surface area contributed by atoms with Crippen molar-refractivity contribution in [1.82, 2.24) is 0 Å². The van der Waals surface area contributed by atoms with Gasteiger partial charge in [-0.25, -0.2) is 13.2 Å². The number of ether oxygens (including phenoxy) is 1. The number of hydrogen-bond donors (Lipinski definition) is 0. The second-order valence-electron chi connectivity index (χ2n) is 7.16. The van der Waals surface area contributed by atoms with Crippen molar-refractivity contribution in [1.29, 1.82) is 0 Å². The van der Waals surface area contributed by atoms with E-state index < -0.39 is 23.3 Å². The van der Waals surface area contributed by atoms with Crippen LogP contribution in [0.15, 0.2) is 91.6 Å². The summed E-state index contributed by atoms with van der Waals surface area (Å²) in [7, 11) is 0. The molecule has 168 valence electrons. The standard InChI is InChI=1S/C28H22F4O/c1-4-33-25-17-16-22(27(31)28(25)32)19(3)10-8-18(2)9-11-20-12-14-21(15-13-20)23-6-5-7-24(29)26(23)30/h5-17H,2-4H2,1H3/b10-8-,11-9+. The third-order valence-electron chi connectivity index (χ3n) is 4.85. The highest BCUT2D eigenvalue weighted by atomic mass is 19.2. The second-order valence-corrected chi connectivity index (χ2v) is 7.16. The van der Waals surface area contributed by atoms with Crippen LogP contribution in [0.25, 0.3) is 22.8 Å². The van der Waals surface area contributed by atoms with Gasteiger partial charge in [0, 0.05) is 11.1 Å². The van der Waals surface area contributed by atoms with E-state index in [1.807, 2.05) is 0 Å². The first-order valence-electron chi connectivity index (χ1n) is 10.2. The summed E-state index contributed by atoms with van der Waals surface area (Å²) in [5.74, 6) is -4.00. The van der Waals surface area contributed by atoms with E-state index in [4.69, 9.17) is 4.74 Å². The fourth-order valence-electron chi connectivity index (χ4n) is 3.10. The number of rotatable bonds is 8. The van der Waals surface area contributed by atoms with Crippen molar-refractivity contribution < 1.29 is 22.3 Å². The Bertz CT molecular complexity index is 1240.